The fourth-order valence-electron chi connectivity index (χ4n) is 11.8. The third kappa shape index (κ3) is 5.09. The van der Waals surface area contributed by atoms with Crippen LogP contribution in [0.2, 0.25) is 5.79 Å². The monoisotopic (exact) mass is 877 g/mol. The molecule has 2 aliphatic carbocycles. The van der Waals surface area contributed by atoms with Crippen LogP contribution in [0.4, 0.5) is 30.2 Å². The standard InChI is InChI=1S/C54H36F3NO3S.CH3.Al/c1-31-27-32(2)49(33(3)28-31)34-29-45-50-46(30-34)53(41-21-10-6-17-37(41)38-18-7-11-22-42(38)53)44-24-14-26-48(61-62(59,60)54(55,56)57)51(44)58(50)47-25-13-12-23-43(47)52(45)39-19-8-4-15-35(39)36-16-5-9-20-40(36)52;;/h4-30H,1-3H3;1H3;. The zero-order valence-corrected chi connectivity index (χ0v) is 37.4. The van der Waals surface area contributed by atoms with Crippen molar-refractivity contribution < 1.29 is 25.8 Å². The summed E-state index contributed by atoms with van der Waals surface area (Å²) in [5.74, 6) is 1.50. The fraction of sp³-hybridized carbons (Fsp3) is 0.127. The van der Waals surface area contributed by atoms with E-state index >= 15 is 0 Å². The molecule has 0 saturated heterocycles. The van der Waals surface area contributed by atoms with E-state index in [1.54, 1.807) is 6.07 Å². The molecule has 0 saturated carbocycles. The number of fused-ring (bicyclic) bond motifs is 18. The molecule has 2 heterocycles. The average molecular weight is 878 g/mol. The molecule has 2 aliphatic heterocycles. The lowest BCUT2D eigenvalue weighted by atomic mass is 9.58. The van der Waals surface area contributed by atoms with Gasteiger partial charge in [0.25, 0.3) is 0 Å². The van der Waals surface area contributed by atoms with E-state index in [-0.39, 0.29) is 5.69 Å². The Kier molecular flexibility index (Phi) is 8.88. The molecule has 0 N–H and O–H groups in total. The number of halogens is 3. The Labute approximate surface area is 379 Å². The first kappa shape index (κ1) is 40.4. The lowest BCUT2D eigenvalue weighted by Gasteiger charge is -2.52. The predicted octanol–water partition coefficient (Wildman–Crippen LogP) is 13.5. The Morgan fingerprint density at radius 1 is 0.500 bits per heavy atom. The Balaban J connectivity index is 0.00000225. The van der Waals surface area contributed by atoms with Crippen LogP contribution in [-0.2, 0) is 20.9 Å². The molecule has 0 atom stereocenters. The third-order valence-electron chi connectivity index (χ3n) is 13.7. The fourth-order valence-corrected chi connectivity index (χ4v) is 12.2. The van der Waals surface area contributed by atoms with Crippen LogP contribution < -0.4 is 9.08 Å². The third-order valence-corrected chi connectivity index (χ3v) is 14.6. The maximum absolute atomic E-state index is 14.4. The minimum atomic E-state index is -6.10. The number of rotatable bonds is 3. The van der Waals surface area contributed by atoms with E-state index in [1.807, 2.05) is 59.2 Å². The van der Waals surface area contributed by atoms with Crippen LogP contribution in [-0.4, -0.2) is 30.2 Å². The summed E-state index contributed by atoms with van der Waals surface area (Å²) in [7, 11) is -6.10. The first-order valence-electron chi connectivity index (χ1n) is 21.2. The number of hydrogen-bond acceptors (Lipinski definition) is 4. The van der Waals surface area contributed by atoms with Gasteiger partial charge in [0, 0.05) is 0 Å². The second-order valence-electron chi connectivity index (χ2n) is 16.9. The van der Waals surface area contributed by atoms with Gasteiger partial charge in [-0.15, -0.1) is 5.79 Å². The highest BCUT2D eigenvalue weighted by molar-refractivity contribution is 7.88. The van der Waals surface area contributed by atoms with Crippen LogP contribution in [0.1, 0.15) is 61.2 Å². The molecular formula is C55H39AlF3NO3S. The number of benzene rings is 8. The van der Waals surface area contributed by atoms with Crippen LogP contribution in [0.15, 0.2) is 164 Å². The largest absolute Gasteiger partial charge is 0.534 e. The molecule has 0 unspecified atom stereocenters. The normalized spacial score (nSPS) is 14.9. The van der Waals surface area contributed by atoms with Crippen molar-refractivity contribution in [2.45, 2.75) is 42.9 Å². The van der Waals surface area contributed by atoms with Crippen molar-refractivity contribution >= 4 is 43.5 Å². The highest BCUT2D eigenvalue weighted by Crippen LogP contribution is 2.71. The molecule has 64 heavy (non-hydrogen) atoms. The van der Waals surface area contributed by atoms with Gasteiger partial charge in [0.1, 0.15) is 16.3 Å². The van der Waals surface area contributed by atoms with E-state index < -0.39 is 32.2 Å². The van der Waals surface area contributed by atoms with Crippen LogP contribution >= 0.6 is 0 Å². The van der Waals surface area contributed by atoms with Crippen LogP contribution in [0.3, 0.4) is 0 Å². The van der Waals surface area contributed by atoms with Crippen LogP contribution in [0.5, 0.6) is 5.75 Å². The van der Waals surface area contributed by atoms with Gasteiger partial charge in [-0.1, -0.05) is 145 Å². The molecule has 0 fully saturated rings. The Morgan fingerprint density at radius 2 is 0.906 bits per heavy atom. The maximum atomic E-state index is 14.4. The van der Waals surface area contributed by atoms with Crippen molar-refractivity contribution in [2.24, 2.45) is 0 Å². The van der Waals surface area contributed by atoms with Crippen molar-refractivity contribution in [2.75, 3.05) is 4.90 Å². The van der Waals surface area contributed by atoms with Gasteiger partial charge in [0.05, 0.1) is 27.9 Å². The molecule has 0 aromatic heterocycles. The van der Waals surface area contributed by atoms with Gasteiger partial charge in [-0.3, -0.25) is 0 Å². The minimum Gasteiger partial charge on any atom is -0.374 e. The van der Waals surface area contributed by atoms with Gasteiger partial charge in [0.2, 0.25) is 0 Å². The lowest BCUT2D eigenvalue weighted by Crippen LogP contribution is -2.43. The highest BCUT2D eigenvalue weighted by atomic mass is 32.2. The second kappa shape index (κ2) is 14.1. The Bertz CT molecular complexity index is 3280. The molecule has 8 aromatic rings. The molecule has 0 bridgehead atoms. The number of alkyl halides is 3. The molecule has 8 aromatic carbocycles. The molecule has 12 rings (SSSR count). The van der Waals surface area contributed by atoms with Crippen molar-refractivity contribution in [3.05, 3.63) is 225 Å². The number of para-hydroxylation sites is 2. The van der Waals surface area contributed by atoms with E-state index in [2.05, 4.69) is 140 Å². The summed E-state index contributed by atoms with van der Waals surface area (Å²) in [6.45, 7) is 6.40. The number of hydrogen-bond donors (Lipinski definition) is 0. The van der Waals surface area contributed by atoms with E-state index in [0.29, 0.717) is 11.3 Å². The smallest absolute Gasteiger partial charge is 0.374 e. The summed E-state index contributed by atoms with van der Waals surface area (Å²) in [6, 6.07) is 55.2. The van der Waals surface area contributed by atoms with Gasteiger partial charge in [-0.25, -0.2) is 0 Å². The molecule has 312 valence electrons. The van der Waals surface area contributed by atoms with Gasteiger partial charge >= 0.3 is 15.6 Å². The number of anilines is 3. The summed E-state index contributed by atoms with van der Waals surface area (Å²) in [5.41, 5.74) is 11.1. The zero-order chi connectivity index (χ0) is 44.5. The highest BCUT2D eigenvalue weighted by Gasteiger charge is 2.59. The Hall–Kier alpha value is -6.37. The predicted molar refractivity (Wildman–Crippen MR) is 250 cm³/mol. The van der Waals surface area contributed by atoms with Gasteiger partial charge in [-0.2, -0.15) is 21.6 Å². The van der Waals surface area contributed by atoms with E-state index in [0.717, 1.165) is 94.7 Å². The van der Waals surface area contributed by atoms with Gasteiger partial charge in [-0.05, 0) is 134 Å². The lowest BCUT2D eigenvalue weighted by molar-refractivity contribution is -0.0499. The molecular weight excluding hydrogens is 839 g/mol. The first-order valence-corrected chi connectivity index (χ1v) is 23.7. The SMILES string of the molecule is Cc1cc(C)c(-c2cc3c4c(c2)C2(c5ccccc5-c5ccccc52)c2cccc(OS(=O)(=O)C(F)(F)F)c2N4c2ccccc2C32c3ccccc3-c3ccccc32)c(C)c1.[CH3][Al]. The summed E-state index contributed by atoms with van der Waals surface area (Å²) in [5, 5.41) is 0. The summed E-state index contributed by atoms with van der Waals surface area (Å²) < 4.78 is 75.0. The van der Waals surface area contributed by atoms with Crippen molar-refractivity contribution in [3.8, 4) is 39.1 Å². The summed E-state index contributed by atoms with van der Waals surface area (Å²) in [4.78, 5) is 1.98. The molecule has 4 nitrogen and oxygen atoms in total. The van der Waals surface area contributed by atoms with E-state index in [1.165, 1.54) is 6.07 Å². The molecule has 2 radical (unpaired) electrons. The van der Waals surface area contributed by atoms with E-state index in [9.17, 15) is 21.6 Å². The molecule has 4 aliphatic rings. The molecule has 9 heteroatoms. The summed E-state index contributed by atoms with van der Waals surface area (Å²) >= 11 is 2.42. The average Bonchev–Trinajstić information content (AvgIpc) is 3.75. The van der Waals surface area contributed by atoms with Crippen LogP contribution in [0, 0.1) is 20.8 Å². The quantitative estimate of drug-likeness (QED) is 0.101. The second-order valence-corrected chi connectivity index (χ2v) is 18.4. The molecule has 0 amide bonds. The maximum Gasteiger partial charge on any atom is 0.534 e. The van der Waals surface area contributed by atoms with Crippen molar-refractivity contribution in [1.29, 1.82) is 0 Å². The van der Waals surface area contributed by atoms with Crippen molar-refractivity contribution in [1.82, 2.24) is 0 Å². The van der Waals surface area contributed by atoms with E-state index in [4.69, 9.17) is 4.18 Å². The molecule has 2 spiro atoms. The van der Waals surface area contributed by atoms with Gasteiger partial charge in [0.15, 0.2) is 5.75 Å². The number of nitrogens with zero attached hydrogens (tertiary/aromatic N) is 1. The van der Waals surface area contributed by atoms with Crippen molar-refractivity contribution in [3.63, 3.8) is 0 Å². The topological polar surface area (TPSA) is 46.6 Å². The zero-order valence-electron chi connectivity index (χ0n) is 35.4. The van der Waals surface area contributed by atoms with Crippen LogP contribution in [0.25, 0.3) is 33.4 Å². The van der Waals surface area contributed by atoms with Gasteiger partial charge < -0.3 is 9.08 Å². The minimum absolute atomic E-state index is 0.234. The summed E-state index contributed by atoms with van der Waals surface area (Å²) in [6.07, 6.45) is 0. The Morgan fingerprint density at radius 3 is 1.38 bits per heavy atom. The number of aryl methyl sites for hydroxylation is 3. The first-order chi connectivity index (χ1) is 30.9.